The standard InChI is InChI=1S/Li.PS.Ti/c;1-2;. The topological polar surface area (TPSA) is 0 Å². The maximum atomic E-state index is 3.78. The van der Waals surface area contributed by atoms with Gasteiger partial charge >= 0.3 is 0 Å². The van der Waals surface area contributed by atoms with Gasteiger partial charge in [-0.25, -0.2) is 0 Å². The van der Waals surface area contributed by atoms with Gasteiger partial charge in [0.2, 0.25) is 0 Å². The zero-order valence-electron chi connectivity index (χ0n) is 2.36. The molecule has 0 heterocycles. The Bertz CT molecular complexity index is 8.00. The van der Waals surface area contributed by atoms with Crippen molar-refractivity contribution < 1.29 is 21.7 Å². The van der Waals surface area contributed by atoms with E-state index in [1.807, 2.05) is 0 Å². The van der Waals surface area contributed by atoms with Crippen LogP contribution in [0.15, 0.2) is 0 Å². The third-order valence-corrected chi connectivity index (χ3v) is 0. The molecule has 0 aromatic carbocycles. The molecular formula is LiPSTi. The molecular weight excluding hydrogens is 118 g/mol. The summed E-state index contributed by atoms with van der Waals surface area (Å²) >= 11 is 3.78. The van der Waals surface area contributed by atoms with Crippen molar-refractivity contribution in [2.75, 3.05) is 0 Å². The van der Waals surface area contributed by atoms with Crippen LogP contribution in [0.2, 0.25) is 0 Å². The van der Waals surface area contributed by atoms with Crippen LogP contribution in [0, 0.1) is 0 Å². The molecule has 0 saturated carbocycles. The molecule has 4 heavy (non-hydrogen) atoms. The Labute approximate surface area is 60.0 Å². The van der Waals surface area contributed by atoms with E-state index in [-0.39, 0.29) is 40.6 Å². The second-order valence-electron chi connectivity index (χ2n) is 0. The Morgan fingerprint density at radius 1 is 1.25 bits per heavy atom. The molecule has 2 radical (unpaired) electrons. The van der Waals surface area contributed by atoms with Gasteiger partial charge in [0.15, 0.2) is 0 Å². The first kappa shape index (κ1) is 17.0. The zero-order valence-corrected chi connectivity index (χ0v) is 5.63. The summed E-state index contributed by atoms with van der Waals surface area (Å²) in [5.74, 6) is 0. The quantitative estimate of drug-likeness (QED) is 0.329. The van der Waals surface area contributed by atoms with Crippen LogP contribution < -0.4 is 0 Å². The molecule has 0 bridgehead atoms. The van der Waals surface area contributed by atoms with E-state index in [2.05, 4.69) is 19.8 Å². The molecule has 0 nitrogen and oxygen atoms in total. The van der Waals surface area contributed by atoms with Crippen molar-refractivity contribution in [3.05, 3.63) is 0 Å². The summed E-state index contributed by atoms with van der Waals surface area (Å²) in [6, 6.07) is 0. The van der Waals surface area contributed by atoms with Crippen LogP contribution in [0.25, 0.3) is 0 Å². The van der Waals surface area contributed by atoms with Crippen molar-refractivity contribution in [1.29, 1.82) is 0 Å². The van der Waals surface area contributed by atoms with Gasteiger partial charge in [0, 0.05) is 48.6 Å². The summed E-state index contributed by atoms with van der Waals surface area (Å²) in [5, 5.41) is 0. The molecule has 0 saturated heterocycles. The normalized spacial score (nSPS) is 1.00. The number of hydrogen-bond acceptors (Lipinski definition) is 1. The minimum atomic E-state index is 0. The number of rotatable bonds is 0. The third-order valence-electron chi connectivity index (χ3n) is 0. The van der Waals surface area contributed by atoms with E-state index in [1.165, 1.54) is 0 Å². The van der Waals surface area contributed by atoms with Crippen LogP contribution in [0.1, 0.15) is 0 Å². The SMILES string of the molecule is [Li].[P]=S.[Ti]. The van der Waals surface area contributed by atoms with Gasteiger partial charge in [-0.05, 0) is 11.8 Å². The van der Waals surface area contributed by atoms with Crippen molar-refractivity contribution >= 4 is 38.7 Å². The van der Waals surface area contributed by atoms with E-state index in [9.17, 15) is 0 Å². The largest absolute Gasteiger partial charge is 0.0464 e. The molecule has 0 unspecified atom stereocenters. The van der Waals surface area contributed by atoms with E-state index in [1.54, 1.807) is 0 Å². The van der Waals surface area contributed by atoms with E-state index >= 15 is 0 Å². The van der Waals surface area contributed by atoms with Crippen LogP contribution >= 0.6 is 8.02 Å². The second-order valence-corrected chi connectivity index (χ2v) is 0. The van der Waals surface area contributed by atoms with E-state index in [0.29, 0.717) is 0 Å². The van der Waals surface area contributed by atoms with Gasteiger partial charge in [0.05, 0.1) is 0 Å². The van der Waals surface area contributed by atoms with Gasteiger partial charge in [-0.1, -0.05) is 0 Å². The fraction of sp³-hybridized carbons (Fsp3) is 0. The van der Waals surface area contributed by atoms with Gasteiger partial charge in [0.25, 0.3) is 0 Å². The van der Waals surface area contributed by atoms with Gasteiger partial charge in [0.1, 0.15) is 0 Å². The third kappa shape index (κ3) is 9.16. The molecule has 0 fully saturated rings. The Balaban J connectivity index is -0.00000000500. The first-order valence-corrected chi connectivity index (χ1v) is 1.64. The molecule has 0 aliphatic carbocycles. The molecule has 0 aromatic rings. The molecule has 0 amide bonds. The summed E-state index contributed by atoms with van der Waals surface area (Å²) in [6.45, 7) is 0. The monoisotopic (exact) mass is 118 g/mol. The molecule has 16 valence electrons. The van der Waals surface area contributed by atoms with Crippen molar-refractivity contribution in [2.24, 2.45) is 0 Å². The Hall–Kier alpha value is 1.83. The fourth-order valence-corrected chi connectivity index (χ4v) is 0. The van der Waals surface area contributed by atoms with Gasteiger partial charge < -0.3 is 0 Å². The predicted octanol–water partition coefficient (Wildman–Crippen LogP) is 0.475. The Morgan fingerprint density at radius 2 is 1.25 bits per heavy atom. The molecule has 0 aromatic heterocycles. The van der Waals surface area contributed by atoms with E-state index in [4.69, 9.17) is 0 Å². The van der Waals surface area contributed by atoms with Crippen molar-refractivity contribution in [2.45, 2.75) is 0 Å². The van der Waals surface area contributed by atoms with Crippen LogP contribution in [-0.4, -0.2) is 18.9 Å². The number of hydrogen-bond donors (Lipinski definition) is 0. The molecule has 4 heteroatoms. The van der Waals surface area contributed by atoms with Crippen molar-refractivity contribution in [3.63, 3.8) is 0 Å². The zero-order chi connectivity index (χ0) is 2.00. The van der Waals surface area contributed by atoms with Crippen molar-refractivity contribution in [1.82, 2.24) is 0 Å². The Kier molecular flexibility index (Phi) is 89.7. The second kappa shape index (κ2) is 21.1. The molecule has 0 rings (SSSR count). The van der Waals surface area contributed by atoms with E-state index < -0.39 is 0 Å². The maximum absolute atomic E-state index is 3.78. The van der Waals surface area contributed by atoms with Gasteiger partial charge in [-0.3, -0.25) is 0 Å². The summed E-state index contributed by atoms with van der Waals surface area (Å²) in [5.41, 5.74) is 0. The van der Waals surface area contributed by atoms with Crippen LogP contribution in [0.5, 0.6) is 0 Å². The molecule has 0 aliphatic rings. The van der Waals surface area contributed by atoms with Gasteiger partial charge in [-0.15, -0.1) is 0 Å². The molecule has 0 aliphatic heterocycles. The predicted molar refractivity (Wildman–Crippen MR) is 20.0 cm³/mol. The van der Waals surface area contributed by atoms with Crippen LogP contribution in [0.3, 0.4) is 0 Å². The van der Waals surface area contributed by atoms with Gasteiger partial charge in [-0.2, -0.15) is 0 Å². The first-order valence-electron chi connectivity index (χ1n) is 0.183. The molecule has 0 N–H and O–H groups in total. The fourth-order valence-electron chi connectivity index (χ4n) is 0. The maximum Gasteiger partial charge on any atom is 0.0464 e. The summed E-state index contributed by atoms with van der Waals surface area (Å²) in [6.07, 6.45) is 0. The van der Waals surface area contributed by atoms with Crippen LogP contribution in [-0.2, 0) is 33.5 Å². The van der Waals surface area contributed by atoms with Crippen molar-refractivity contribution in [3.8, 4) is 0 Å². The first-order chi connectivity index (χ1) is 1.00. The minimum Gasteiger partial charge on any atom is -0.0464 e. The molecule has 0 atom stereocenters. The average Bonchev–Trinajstić information content (AvgIpc) is 1.00. The summed E-state index contributed by atoms with van der Waals surface area (Å²) in [4.78, 5) is 0. The van der Waals surface area contributed by atoms with E-state index in [0.717, 1.165) is 0 Å². The molecule has 0 spiro atoms. The summed E-state index contributed by atoms with van der Waals surface area (Å²) < 4.78 is 0. The smallest absolute Gasteiger partial charge is 0.0464 e. The average molecular weight is 118 g/mol. The summed E-state index contributed by atoms with van der Waals surface area (Å²) in [7, 11) is 3.11. The Morgan fingerprint density at radius 3 is 1.25 bits per heavy atom. The van der Waals surface area contributed by atoms with Crippen LogP contribution in [0.4, 0.5) is 0 Å². The minimum absolute atomic E-state index is 0.